The fraction of sp³-hybridized carbons (Fsp3) is 0.333. The van der Waals surface area contributed by atoms with Crippen molar-refractivity contribution in [1.82, 2.24) is 15.6 Å². The lowest BCUT2D eigenvalue weighted by Crippen LogP contribution is -2.50. The first-order chi connectivity index (χ1) is 12.4. The summed E-state index contributed by atoms with van der Waals surface area (Å²) >= 11 is 0. The summed E-state index contributed by atoms with van der Waals surface area (Å²) in [5.74, 6) is -2.11. The molecule has 2 amide bonds. The summed E-state index contributed by atoms with van der Waals surface area (Å²) in [5.41, 5.74) is 1.74. The molecule has 0 bridgehead atoms. The fourth-order valence-corrected chi connectivity index (χ4v) is 2.56. The molecule has 1 heterocycles. The maximum atomic E-state index is 12.4. The second kappa shape index (κ2) is 8.67. The Morgan fingerprint density at radius 2 is 1.96 bits per heavy atom. The lowest BCUT2D eigenvalue weighted by molar-refractivity contribution is -0.139. The Bertz CT molecular complexity index is 852. The minimum atomic E-state index is -1.09. The Balaban J connectivity index is 2.16. The average Bonchev–Trinajstić information content (AvgIpc) is 3.02. The quantitative estimate of drug-likeness (QED) is 0.561. The van der Waals surface area contributed by atoms with E-state index in [0.717, 1.165) is 16.5 Å². The third kappa shape index (κ3) is 5.08. The summed E-state index contributed by atoms with van der Waals surface area (Å²) in [6, 6.07) is 7.85. The Kier molecular flexibility index (Phi) is 6.33. The zero-order valence-corrected chi connectivity index (χ0v) is 14.3. The van der Waals surface area contributed by atoms with Crippen molar-refractivity contribution in [2.45, 2.75) is 38.3 Å². The highest BCUT2D eigenvalue weighted by Crippen LogP contribution is 2.19. The number of para-hydroxylation sites is 1. The number of hydrogen-bond donors (Lipinski definition) is 4. The van der Waals surface area contributed by atoms with E-state index in [2.05, 4.69) is 15.6 Å². The zero-order chi connectivity index (χ0) is 19.1. The number of aliphatic carboxylic acids is 1. The van der Waals surface area contributed by atoms with E-state index in [9.17, 15) is 14.4 Å². The number of rotatable bonds is 8. The van der Waals surface area contributed by atoms with Crippen LogP contribution >= 0.6 is 0 Å². The Hall–Kier alpha value is -3.34. The predicted molar refractivity (Wildman–Crippen MR) is 94.0 cm³/mol. The van der Waals surface area contributed by atoms with Crippen LogP contribution in [0.1, 0.15) is 25.3 Å². The number of aromatic nitrogens is 1. The van der Waals surface area contributed by atoms with E-state index >= 15 is 0 Å². The van der Waals surface area contributed by atoms with Crippen LogP contribution in [0.25, 0.3) is 10.9 Å². The van der Waals surface area contributed by atoms with Crippen molar-refractivity contribution in [3.8, 4) is 6.07 Å². The maximum Gasteiger partial charge on any atom is 0.303 e. The number of aromatic amines is 1. The number of carbonyl (C=O) groups excluding carboxylic acids is 2. The number of fused-ring (bicyclic) bond motifs is 1. The van der Waals surface area contributed by atoms with Crippen molar-refractivity contribution in [2.75, 3.05) is 0 Å². The van der Waals surface area contributed by atoms with Gasteiger partial charge in [-0.15, -0.1) is 0 Å². The summed E-state index contributed by atoms with van der Waals surface area (Å²) < 4.78 is 0. The summed E-state index contributed by atoms with van der Waals surface area (Å²) in [4.78, 5) is 38.1. The molecule has 26 heavy (non-hydrogen) atoms. The van der Waals surface area contributed by atoms with Crippen LogP contribution < -0.4 is 10.6 Å². The molecule has 2 unspecified atom stereocenters. The van der Waals surface area contributed by atoms with Gasteiger partial charge in [-0.3, -0.25) is 14.4 Å². The van der Waals surface area contributed by atoms with Crippen LogP contribution in [0, 0.1) is 11.3 Å². The number of carboxylic acid groups (broad SMARTS) is 1. The number of H-pyrrole nitrogens is 1. The number of amides is 2. The molecular formula is C18H20N4O4. The van der Waals surface area contributed by atoms with Crippen molar-refractivity contribution in [3.63, 3.8) is 0 Å². The number of nitrogens with zero attached hydrogens (tertiary/aromatic N) is 1. The van der Waals surface area contributed by atoms with E-state index in [0.29, 0.717) is 0 Å². The van der Waals surface area contributed by atoms with Crippen LogP contribution in [-0.2, 0) is 20.8 Å². The van der Waals surface area contributed by atoms with E-state index in [1.807, 2.05) is 30.3 Å². The molecule has 0 aliphatic carbocycles. The first-order valence-electron chi connectivity index (χ1n) is 8.17. The molecule has 0 saturated heterocycles. The maximum absolute atomic E-state index is 12.4. The van der Waals surface area contributed by atoms with E-state index < -0.39 is 29.9 Å². The van der Waals surface area contributed by atoms with Crippen molar-refractivity contribution >= 4 is 28.7 Å². The fourth-order valence-electron chi connectivity index (χ4n) is 2.56. The van der Waals surface area contributed by atoms with Gasteiger partial charge < -0.3 is 20.7 Å². The number of carboxylic acids is 1. The SMILES string of the molecule is CC(C#N)NC(=O)C(Cc1c[nH]c2ccccc12)NC(=O)CCC(=O)O. The highest BCUT2D eigenvalue weighted by Gasteiger charge is 2.24. The number of nitriles is 1. The second-order valence-corrected chi connectivity index (χ2v) is 5.94. The van der Waals surface area contributed by atoms with Crippen LogP contribution in [0.5, 0.6) is 0 Å². The van der Waals surface area contributed by atoms with E-state index in [1.165, 1.54) is 6.92 Å². The molecule has 8 heteroatoms. The van der Waals surface area contributed by atoms with E-state index in [-0.39, 0.29) is 19.3 Å². The molecule has 0 spiro atoms. The molecule has 0 radical (unpaired) electrons. The second-order valence-electron chi connectivity index (χ2n) is 5.94. The molecule has 2 atom stereocenters. The van der Waals surface area contributed by atoms with Gasteiger partial charge in [0.05, 0.1) is 12.5 Å². The first kappa shape index (κ1) is 19.0. The third-order valence-electron chi connectivity index (χ3n) is 3.87. The molecule has 136 valence electrons. The van der Waals surface area contributed by atoms with Gasteiger partial charge in [0.2, 0.25) is 11.8 Å². The van der Waals surface area contributed by atoms with Crippen LogP contribution in [0.15, 0.2) is 30.5 Å². The molecule has 0 fully saturated rings. The number of hydrogen-bond acceptors (Lipinski definition) is 4. The van der Waals surface area contributed by atoms with Crippen molar-refractivity contribution < 1.29 is 19.5 Å². The molecule has 1 aromatic heterocycles. The standard InChI is InChI=1S/C18H20N4O4/c1-11(9-19)21-18(26)15(22-16(23)6-7-17(24)25)8-12-10-20-14-5-3-2-4-13(12)14/h2-5,10-11,15,20H,6-8H2,1H3,(H,21,26)(H,22,23)(H,24,25). The smallest absolute Gasteiger partial charge is 0.303 e. The first-order valence-corrected chi connectivity index (χ1v) is 8.17. The van der Waals surface area contributed by atoms with Gasteiger partial charge in [-0.25, -0.2) is 0 Å². The van der Waals surface area contributed by atoms with Gasteiger partial charge in [-0.1, -0.05) is 18.2 Å². The van der Waals surface area contributed by atoms with Crippen LogP contribution in [-0.4, -0.2) is 40.0 Å². The Morgan fingerprint density at radius 1 is 1.23 bits per heavy atom. The Labute approximate surface area is 150 Å². The monoisotopic (exact) mass is 356 g/mol. The zero-order valence-electron chi connectivity index (χ0n) is 14.3. The lowest BCUT2D eigenvalue weighted by atomic mass is 10.0. The van der Waals surface area contributed by atoms with Crippen molar-refractivity contribution in [2.24, 2.45) is 0 Å². The molecule has 4 N–H and O–H groups in total. The molecule has 1 aromatic carbocycles. The summed E-state index contributed by atoms with van der Waals surface area (Å²) in [6.07, 6.45) is 1.44. The molecule has 0 aliphatic heterocycles. The van der Waals surface area contributed by atoms with Gasteiger partial charge in [-0.05, 0) is 18.6 Å². The number of carbonyl (C=O) groups is 3. The van der Waals surface area contributed by atoms with Crippen molar-refractivity contribution in [1.29, 1.82) is 5.26 Å². The summed E-state index contributed by atoms with van der Waals surface area (Å²) in [6.45, 7) is 1.53. The largest absolute Gasteiger partial charge is 0.481 e. The molecule has 2 aromatic rings. The van der Waals surface area contributed by atoms with Gasteiger partial charge in [0.15, 0.2) is 0 Å². The van der Waals surface area contributed by atoms with Crippen LogP contribution in [0.4, 0.5) is 0 Å². The van der Waals surface area contributed by atoms with Crippen LogP contribution in [0.3, 0.4) is 0 Å². The van der Waals surface area contributed by atoms with Gasteiger partial charge >= 0.3 is 5.97 Å². The van der Waals surface area contributed by atoms with Crippen LogP contribution in [0.2, 0.25) is 0 Å². The molecule has 8 nitrogen and oxygen atoms in total. The minimum Gasteiger partial charge on any atom is -0.481 e. The predicted octanol–water partition coefficient (Wildman–Crippen LogP) is 1.09. The highest BCUT2D eigenvalue weighted by molar-refractivity contribution is 5.90. The highest BCUT2D eigenvalue weighted by atomic mass is 16.4. The van der Waals surface area contributed by atoms with Gasteiger partial charge in [0.25, 0.3) is 0 Å². The normalized spacial score (nSPS) is 12.8. The molecule has 0 aliphatic rings. The summed E-state index contributed by atoms with van der Waals surface area (Å²) in [7, 11) is 0. The van der Waals surface area contributed by atoms with Gasteiger partial charge in [0.1, 0.15) is 12.1 Å². The minimum absolute atomic E-state index is 0.215. The average molecular weight is 356 g/mol. The van der Waals surface area contributed by atoms with Crippen molar-refractivity contribution in [3.05, 3.63) is 36.0 Å². The Morgan fingerprint density at radius 3 is 2.65 bits per heavy atom. The molecular weight excluding hydrogens is 336 g/mol. The number of nitrogens with one attached hydrogen (secondary N) is 3. The molecule has 0 saturated carbocycles. The topological polar surface area (TPSA) is 135 Å². The van der Waals surface area contributed by atoms with E-state index in [4.69, 9.17) is 10.4 Å². The van der Waals surface area contributed by atoms with Gasteiger partial charge in [-0.2, -0.15) is 5.26 Å². The number of benzene rings is 1. The molecule has 2 rings (SSSR count). The third-order valence-corrected chi connectivity index (χ3v) is 3.87. The lowest BCUT2D eigenvalue weighted by Gasteiger charge is -2.19. The van der Waals surface area contributed by atoms with Gasteiger partial charge in [0, 0.05) is 29.9 Å². The summed E-state index contributed by atoms with van der Waals surface area (Å²) in [5, 5.41) is 23.6. The van der Waals surface area contributed by atoms with E-state index in [1.54, 1.807) is 6.20 Å².